The van der Waals surface area contributed by atoms with Crippen LogP contribution >= 0.6 is 0 Å². The Labute approximate surface area is 117 Å². The minimum Gasteiger partial charge on any atom is -0.479 e. The molecule has 20 heavy (non-hydrogen) atoms. The number of carbonyl (C=O) groups excluding carboxylic acids is 1. The van der Waals surface area contributed by atoms with E-state index in [9.17, 15) is 23.1 Å². The molecule has 1 unspecified atom stereocenters. The van der Waals surface area contributed by atoms with E-state index in [-0.39, 0.29) is 10.5 Å². The topological polar surface area (TPSA) is 104 Å². The molecule has 1 amide bonds. The Hall–Kier alpha value is -1.93. The third-order valence-electron chi connectivity index (χ3n) is 2.99. The van der Waals surface area contributed by atoms with Crippen LogP contribution in [0.4, 0.5) is 0 Å². The van der Waals surface area contributed by atoms with Crippen molar-refractivity contribution in [3.63, 3.8) is 0 Å². The van der Waals surface area contributed by atoms with E-state index in [1.54, 1.807) is 0 Å². The first-order valence-electron chi connectivity index (χ1n) is 5.64. The minimum atomic E-state index is -3.58. The number of rotatable bonds is 6. The van der Waals surface area contributed by atoms with E-state index < -0.39 is 21.5 Å². The van der Waals surface area contributed by atoms with Crippen LogP contribution in [-0.4, -0.2) is 44.3 Å². The summed E-state index contributed by atoms with van der Waals surface area (Å²) in [6, 6.07) is 5.33. The molecule has 0 aliphatic carbocycles. The molecule has 7 nitrogen and oxygen atoms in total. The SMILES string of the molecule is CN(C)S(=O)(=O)c1ccc(C(C)(NC=O)C(=O)O)cc1. The van der Waals surface area contributed by atoms with Crippen molar-refractivity contribution in [2.45, 2.75) is 17.4 Å². The average Bonchev–Trinajstić information content (AvgIpc) is 2.38. The van der Waals surface area contributed by atoms with Gasteiger partial charge in [-0.2, -0.15) is 0 Å². The van der Waals surface area contributed by atoms with Crippen molar-refractivity contribution in [1.29, 1.82) is 0 Å². The molecule has 1 aromatic carbocycles. The van der Waals surface area contributed by atoms with Crippen LogP contribution in [0.2, 0.25) is 0 Å². The molecule has 0 aromatic heterocycles. The average molecular weight is 300 g/mol. The van der Waals surface area contributed by atoms with E-state index in [0.29, 0.717) is 6.41 Å². The minimum absolute atomic E-state index is 0.0464. The number of sulfonamides is 1. The molecular weight excluding hydrogens is 284 g/mol. The van der Waals surface area contributed by atoms with Gasteiger partial charge in [0, 0.05) is 14.1 Å². The molecule has 1 aromatic rings. The number of carboxylic acid groups (broad SMARTS) is 1. The molecule has 1 atom stereocenters. The van der Waals surface area contributed by atoms with Crippen LogP contribution in [0.25, 0.3) is 0 Å². The quantitative estimate of drug-likeness (QED) is 0.719. The van der Waals surface area contributed by atoms with Crippen molar-refractivity contribution in [3.8, 4) is 0 Å². The van der Waals surface area contributed by atoms with Gasteiger partial charge in [-0.25, -0.2) is 17.5 Å². The molecule has 0 saturated heterocycles. The van der Waals surface area contributed by atoms with Crippen molar-refractivity contribution in [2.75, 3.05) is 14.1 Å². The number of nitrogens with one attached hydrogen (secondary N) is 1. The van der Waals surface area contributed by atoms with E-state index >= 15 is 0 Å². The van der Waals surface area contributed by atoms with Crippen molar-refractivity contribution < 1.29 is 23.1 Å². The fourth-order valence-corrected chi connectivity index (χ4v) is 2.46. The molecule has 0 bridgehead atoms. The van der Waals surface area contributed by atoms with Gasteiger partial charge in [0.1, 0.15) is 0 Å². The summed E-state index contributed by atoms with van der Waals surface area (Å²) >= 11 is 0. The highest BCUT2D eigenvalue weighted by molar-refractivity contribution is 7.89. The Kier molecular flexibility index (Phi) is 4.51. The van der Waals surface area contributed by atoms with Gasteiger partial charge in [-0.05, 0) is 24.6 Å². The molecular formula is C12H16N2O5S. The molecule has 0 radical (unpaired) electrons. The predicted octanol–water partition coefficient (Wildman–Crippen LogP) is -0.0173. The maximum atomic E-state index is 11.9. The van der Waals surface area contributed by atoms with Crippen LogP contribution in [0.15, 0.2) is 29.2 Å². The normalized spacial score (nSPS) is 14.6. The fraction of sp³-hybridized carbons (Fsp3) is 0.333. The second-order valence-corrected chi connectivity index (χ2v) is 6.66. The highest BCUT2D eigenvalue weighted by Gasteiger charge is 2.35. The summed E-state index contributed by atoms with van der Waals surface area (Å²) in [6.45, 7) is 1.32. The van der Waals surface area contributed by atoms with Crippen molar-refractivity contribution in [2.24, 2.45) is 0 Å². The first kappa shape index (κ1) is 16.1. The van der Waals surface area contributed by atoms with Crippen molar-refractivity contribution in [3.05, 3.63) is 29.8 Å². The summed E-state index contributed by atoms with van der Waals surface area (Å²) < 4.78 is 24.8. The number of hydrogen-bond donors (Lipinski definition) is 2. The van der Waals surface area contributed by atoms with Crippen LogP contribution in [0, 0.1) is 0 Å². The smallest absolute Gasteiger partial charge is 0.333 e. The Balaban J connectivity index is 3.26. The zero-order valence-corrected chi connectivity index (χ0v) is 12.1. The first-order valence-corrected chi connectivity index (χ1v) is 7.08. The molecule has 0 aliphatic heterocycles. The lowest BCUT2D eigenvalue weighted by molar-refractivity contribution is -0.145. The van der Waals surface area contributed by atoms with E-state index in [0.717, 1.165) is 4.31 Å². The summed E-state index contributed by atoms with van der Waals surface area (Å²) in [5.41, 5.74) is -1.34. The largest absolute Gasteiger partial charge is 0.479 e. The van der Waals surface area contributed by atoms with Crippen LogP contribution < -0.4 is 5.32 Å². The molecule has 0 aliphatic rings. The molecule has 0 fully saturated rings. The zero-order valence-electron chi connectivity index (χ0n) is 11.3. The van der Waals surface area contributed by atoms with Crippen molar-refractivity contribution in [1.82, 2.24) is 9.62 Å². The van der Waals surface area contributed by atoms with E-state index in [1.807, 2.05) is 0 Å². The zero-order chi connectivity index (χ0) is 15.6. The Bertz CT molecular complexity index is 609. The number of benzene rings is 1. The molecule has 110 valence electrons. The van der Waals surface area contributed by atoms with Gasteiger partial charge in [0.05, 0.1) is 4.90 Å². The van der Waals surface area contributed by atoms with E-state index in [4.69, 9.17) is 0 Å². The number of carbonyl (C=O) groups is 2. The lowest BCUT2D eigenvalue weighted by atomic mass is 9.92. The van der Waals surface area contributed by atoms with Gasteiger partial charge in [0.15, 0.2) is 5.54 Å². The standard InChI is InChI=1S/C12H16N2O5S/c1-12(11(16)17,13-8-15)9-4-6-10(7-5-9)20(18,19)14(2)3/h4-8H,1-3H3,(H,13,15)(H,16,17). The summed E-state index contributed by atoms with van der Waals surface area (Å²) in [5, 5.41) is 11.4. The predicted molar refractivity (Wildman–Crippen MR) is 71.5 cm³/mol. The van der Waals surface area contributed by atoms with Crippen LogP contribution in [-0.2, 0) is 25.2 Å². The van der Waals surface area contributed by atoms with Crippen LogP contribution in [0.1, 0.15) is 12.5 Å². The summed E-state index contributed by atoms with van der Waals surface area (Å²) in [5.74, 6) is -1.24. The van der Waals surface area contributed by atoms with Gasteiger partial charge in [-0.15, -0.1) is 0 Å². The third-order valence-corrected chi connectivity index (χ3v) is 4.81. The second-order valence-electron chi connectivity index (χ2n) is 4.50. The Morgan fingerprint density at radius 1 is 1.30 bits per heavy atom. The highest BCUT2D eigenvalue weighted by Crippen LogP contribution is 2.23. The van der Waals surface area contributed by atoms with Gasteiger partial charge < -0.3 is 10.4 Å². The Morgan fingerprint density at radius 3 is 2.15 bits per heavy atom. The molecule has 8 heteroatoms. The van der Waals surface area contributed by atoms with Gasteiger partial charge in [-0.3, -0.25) is 4.79 Å². The number of carboxylic acids is 1. The highest BCUT2D eigenvalue weighted by atomic mass is 32.2. The molecule has 1 rings (SSSR count). The maximum Gasteiger partial charge on any atom is 0.333 e. The summed E-state index contributed by atoms with van der Waals surface area (Å²) in [6.07, 6.45) is 0.290. The van der Waals surface area contributed by atoms with Gasteiger partial charge in [0.2, 0.25) is 16.4 Å². The number of amides is 1. The Morgan fingerprint density at radius 2 is 1.80 bits per heavy atom. The van der Waals surface area contributed by atoms with Crippen molar-refractivity contribution >= 4 is 22.4 Å². The fourth-order valence-electron chi connectivity index (χ4n) is 1.56. The lowest BCUT2D eigenvalue weighted by Crippen LogP contribution is -2.45. The van der Waals surface area contributed by atoms with E-state index in [1.165, 1.54) is 45.3 Å². The third kappa shape index (κ3) is 2.81. The number of nitrogens with zero attached hydrogens (tertiary/aromatic N) is 1. The summed E-state index contributed by atoms with van der Waals surface area (Å²) in [4.78, 5) is 21.8. The lowest BCUT2D eigenvalue weighted by Gasteiger charge is -2.24. The first-order chi connectivity index (χ1) is 9.16. The molecule has 0 saturated carbocycles. The maximum absolute atomic E-state index is 11.9. The number of aliphatic carboxylic acids is 1. The van der Waals surface area contributed by atoms with Gasteiger partial charge >= 0.3 is 5.97 Å². The molecule has 0 spiro atoms. The molecule has 2 N–H and O–H groups in total. The van der Waals surface area contributed by atoms with Gasteiger partial charge in [0.25, 0.3) is 0 Å². The van der Waals surface area contributed by atoms with Crippen LogP contribution in [0.5, 0.6) is 0 Å². The monoisotopic (exact) mass is 300 g/mol. The number of hydrogen-bond acceptors (Lipinski definition) is 4. The molecule has 0 heterocycles. The second kappa shape index (κ2) is 5.59. The van der Waals surface area contributed by atoms with Crippen LogP contribution in [0.3, 0.4) is 0 Å². The van der Waals surface area contributed by atoms with Gasteiger partial charge in [-0.1, -0.05) is 12.1 Å². The van der Waals surface area contributed by atoms with E-state index in [2.05, 4.69) is 5.32 Å². The summed E-state index contributed by atoms with van der Waals surface area (Å²) in [7, 11) is -0.773.